The van der Waals surface area contributed by atoms with E-state index >= 15 is 0 Å². The zero-order chi connectivity index (χ0) is 39.3. The molecule has 0 aliphatic carbocycles. The van der Waals surface area contributed by atoms with Gasteiger partial charge in [-0.05, 0) is 124 Å². The molecule has 0 aliphatic rings. The molecular formula is C38H37F3N8O5S. The number of carbonyl (C=O) groups excluding carboxylic acids is 1. The van der Waals surface area contributed by atoms with E-state index in [0.29, 0.717) is 33.8 Å². The Morgan fingerprint density at radius 2 is 1.67 bits per heavy atom. The van der Waals surface area contributed by atoms with Crippen molar-refractivity contribution < 1.29 is 30.9 Å². The van der Waals surface area contributed by atoms with Gasteiger partial charge in [-0.3, -0.25) is 9.12 Å². The largest absolute Gasteiger partial charge is 0.416 e. The molecule has 1 atom stereocenters. The lowest BCUT2D eigenvalue weighted by molar-refractivity contribution is -0.137. The van der Waals surface area contributed by atoms with E-state index in [0.717, 1.165) is 32.4 Å². The molecular weight excluding hydrogens is 738 g/mol. The van der Waals surface area contributed by atoms with Crippen molar-refractivity contribution in [1.29, 1.82) is 5.26 Å². The van der Waals surface area contributed by atoms with Gasteiger partial charge in [-0.2, -0.15) is 31.9 Å². The van der Waals surface area contributed by atoms with E-state index in [2.05, 4.69) is 15.4 Å². The van der Waals surface area contributed by atoms with Crippen LogP contribution in [0.1, 0.15) is 63.4 Å². The van der Waals surface area contributed by atoms with E-state index in [1.807, 2.05) is 13.0 Å². The van der Waals surface area contributed by atoms with Gasteiger partial charge >= 0.3 is 17.9 Å². The Labute approximate surface area is 314 Å². The number of benzene rings is 3. The zero-order valence-electron chi connectivity index (χ0n) is 30.4. The van der Waals surface area contributed by atoms with Crippen LogP contribution in [-0.2, 0) is 22.7 Å². The number of aromatic amines is 1. The minimum Gasteiger partial charge on any atom is -0.360 e. The molecule has 3 heterocycles. The van der Waals surface area contributed by atoms with E-state index in [4.69, 9.17) is 0 Å². The van der Waals surface area contributed by atoms with E-state index < -0.39 is 39.6 Å². The number of nitrogens with one attached hydrogen (secondary N) is 2. The number of carbonyl (C=O) groups is 1. The Morgan fingerprint density at radius 3 is 2.31 bits per heavy atom. The number of hydrogen-bond acceptors (Lipinski definition) is 7. The Kier molecular flexibility index (Phi) is 10.8. The average molecular weight is 775 g/mol. The SMILES string of the molecule is Cc1c(Cc2ccc(C(C)NC(=O)n3c(-c4ccnn4-c4ccc(C#N)cc4)c(C)n(-c4cccc(C(F)(F)F)c4)c3=O)[nH]2)cc(S(=O)(=O)O)c(C)c1C.N. The van der Waals surface area contributed by atoms with Crippen molar-refractivity contribution in [2.24, 2.45) is 0 Å². The predicted molar refractivity (Wildman–Crippen MR) is 198 cm³/mol. The number of halogens is 3. The maximum Gasteiger partial charge on any atom is 0.416 e. The van der Waals surface area contributed by atoms with E-state index in [1.54, 1.807) is 63.2 Å². The highest BCUT2D eigenvalue weighted by Gasteiger charge is 2.32. The van der Waals surface area contributed by atoms with Gasteiger partial charge in [-0.1, -0.05) is 6.07 Å². The van der Waals surface area contributed by atoms with E-state index in [1.165, 1.54) is 36.0 Å². The molecule has 6 aromatic rings. The quantitative estimate of drug-likeness (QED) is 0.116. The van der Waals surface area contributed by atoms with Gasteiger partial charge in [-0.25, -0.2) is 18.8 Å². The molecule has 3 aromatic carbocycles. The molecule has 55 heavy (non-hydrogen) atoms. The van der Waals surface area contributed by atoms with Gasteiger partial charge in [0.1, 0.15) is 5.69 Å². The average Bonchev–Trinajstić information content (AvgIpc) is 3.85. The van der Waals surface area contributed by atoms with Gasteiger partial charge < -0.3 is 16.5 Å². The number of hydrogen-bond donors (Lipinski definition) is 4. The summed E-state index contributed by atoms with van der Waals surface area (Å²) >= 11 is 0. The molecule has 1 amide bonds. The summed E-state index contributed by atoms with van der Waals surface area (Å²) in [6.45, 7) is 8.44. The van der Waals surface area contributed by atoms with Gasteiger partial charge in [0.25, 0.3) is 10.1 Å². The molecule has 13 nitrogen and oxygen atoms in total. The lowest BCUT2D eigenvalue weighted by atomic mass is 9.96. The maximum atomic E-state index is 14.2. The van der Waals surface area contributed by atoms with Gasteiger partial charge in [0.15, 0.2) is 0 Å². The number of rotatable bonds is 8. The van der Waals surface area contributed by atoms with Gasteiger partial charge in [0.2, 0.25) is 0 Å². The highest BCUT2D eigenvalue weighted by molar-refractivity contribution is 7.85. The van der Waals surface area contributed by atoms with Crippen LogP contribution in [0.25, 0.3) is 22.8 Å². The van der Waals surface area contributed by atoms with Crippen LogP contribution in [-0.4, -0.2) is 42.9 Å². The fraction of sp³-hybridized carbons (Fsp3) is 0.211. The first-order valence-electron chi connectivity index (χ1n) is 16.5. The molecule has 17 heteroatoms. The Morgan fingerprint density at radius 1 is 0.982 bits per heavy atom. The summed E-state index contributed by atoms with van der Waals surface area (Å²) < 4.78 is 78.4. The van der Waals surface area contributed by atoms with Crippen LogP contribution in [0.5, 0.6) is 0 Å². The van der Waals surface area contributed by atoms with Crippen LogP contribution < -0.4 is 17.2 Å². The number of amides is 1. The summed E-state index contributed by atoms with van der Waals surface area (Å²) in [4.78, 5) is 31.4. The van der Waals surface area contributed by atoms with Crippen LogP contribution in [0.3, 0.4) is 0 Å². The summed E-state index contributed by atoms with van der Waals surface area (Å²) in [5, 5.41) is 16.5. The smallest absolute Gasteiger partial charge is 0.360 e. The monoisotopic (exact) mass is 774 g/mol. The number of aromatic nitrogens is 5. The molecule has 0 saturated heterocycles. The summed E-state index contributed by atoms with van der Waals surface area (Å²) in [6.07, 6.45) is -2.97. The molecule has 0 radical (unpaired) electrons. The topological polar surface area (TPSA) is 203 Å². The van der Waals surface area contributed by atoms with Crippen molar-refractivity contribution in [3.8, 4) is 28.8 Å². The minimum absolute atomic E-state index is 0. The van der Waals surface area contributed by atoms with Crippen LogP contribution in [0.4, 0.5) is 18.0 Å². The minimum atomic E-state index is -4.69. The lowest BCUT2D eigenvalue weighted by Crippen LogP contribution is -2.38. The van der Waals surface area contributed by atoms with Gasteiger partial charge in [0, 0.05) is 17.8 Å². The van der Waals surface area contributed by atoms with Crippen LogP contribution in [0.2, 0.25) is 0 Å². The third-order valence-corrected chi connectivity index (χ3v) is 10.5. The van der Waals surface area contributed by atoms with E-state index in [9.17, 15) is 41.0 Å². The number of imidazole rings is 1. The Balaban J connectivity index is 0.00000580. The highest BCUT2D eigenvalue weighted by Crippen LogP contribution is 2.32. The van der Waals surface area contributed by atoms with Gasteiger partial charge in [0.05, 0.1) is 57.1 Å². The third kappa shape index (κ3) is 7.60. The predicted octanol–water partition coefficient (Wildman–Crippen LogP) is 7.26. The first-order chi connectivity index (χ1) is 25.4. The fourth-order valence-electron chi connectivity index (χ4n) is 6.47. The number of nitriles is 1. The number of alkyl halides is 3. The Hall–Kier alpha value is -6.22. The second kappa shape index (κ2) is 14.9. The maximum absolute atomic E-state index is 14.2. The number of H-pyrrole nitrogens is 1. The molecule has 286 valence electrons. The third-order valence-electron chi connectivity index (χ3n) is 9.56. The zero-order valence-corrected chi connectivity index (χ0v) is 31.2. The fourth-order valence-corrected chi connectivity index (χ4v) is 7.30. The van der Waals surface area contributed by atoms with Crippen molar-refractivity contribution in [2.45, 2.75) is 58.2 Å². The standard InChI is InChI=1S/C38H34F3N7O5S.H3N/c1-21-22(2)27(18-34(23(21)3)54(51,52)53)17-29-11-14-32(45-29)24(4)44-36(49)47-35(33-15-16-43-48(33)30-12-9-26(20-42)10-13-30)25(5)46(37(47)50)31-8-6-7-28(19-31)38(39,40)41;/h6-16,18-19,24,45H,17H2,1-5H3,(H,44,49)(H,51,52,53);1H3. The van der Waals surface area contributed by atoms with Crippen molar-refractivity contribution in [1.82, 2.24) is 35.4 Å². The molecule has 6 rings (SSSR count). The molecule has 1 unspecified atom stereocenters. The van der Waals surface area contributed by atoms with Crippen LogP contribution >= 0.6 is 0 Å². The summed E-state index contributed by atoms with van der Waals surface area (Å²) in [6, 6.07) is 17.6. The highest BCUT2D eigenvalue weighted by atomic mass is 32.2. The normalized spacial score (nSPS) is 12.2. The summed E-state index contributed by atoms with van der Waals surface area (Å²) in [5.74, 6) is 0. The molecule has 0 fully saturated rings. The number of nitrogens with zero attached hydrogens (tertiary/aromatic N) is 5. The molecule has 0 saturated carbocycles. The van der Waals surface area contributed by atoms with Crippen LogP contribution in [0.15, 0.2) is 88.7 Å². The Bertz CT molecular complexity index is 2650. The molecule has 0 spiro atoms. The molecule has 0 bridgehead atoms. The van der Waals surface area contributed by atoms with E-state index in [-0.39, 0.29) is 40.2 Å². The van der Waals surface area contributed by atoms with Crippen molar-refractivity contribution >= 4 is 16.1 Å². The molecule has 3 aromatic heterocycles. The first kappa shape index (κ1) is 40.0. The van der Waals surface area contributed by atoms with Crippen molar-refractivity contribution in [2.75, 3.05) is 0 Å². The summed E-state index contributed by atoms with van der Waals surface area (Å²) in [7, 11) is -4.46. The second-order valence-corrected chi connectivity index (χ2v) is 14.3. The van der Waals surface area contributed by atoms with Gasteiger partial charge in [-0.15, -0.1) is 0 Å². The molecule has 0 aliphatic heterocycles. The summed E-state index contributed by atoms with van der Waals surface area (Å²) in [5.41, 5.74) is 3.29. The first-order valence-corrected chi connectivity index (χ1v) is 18.0. The van der Waals surface area contributed by atoms with Crippen molar-refractivity contribution in [3.05, 3.63) is 140 Å². The molecule has 6 N–H and O–H groups in total. The lowest BCUT2D eigenvalue weighted by Gasteiger charge is -2.16. The van der Waals surface area contributed by atoms with Crippen molar-refractivity contribution in [3.63, 3.8) is 0 Å². The second-order valence-electron chi connectivity index (χ2n) is 12.9. The van der Waals surface area contributed by atoms with Crippen LogP contribution in [0, 0.1) is 39.0 Å².